The van der Waals surface area contributed by atoms with Crippen LogP contribution in [0.3, 0.4) is 0 Å². The van der Waals surface area contributed by atoms with Crippen molar-refractivity contribution in [3.8, 4) is 0 Å². The summed E-state index contributed by atoms with van der Waals surface area (Å²) in [7, 11) is 3.24. The second-order valence-corrected chi connectivity index (χ2v) is 8.73. The minimum atomic E-state index is -0.879. The summed E-state index contributed by atoms with van der Waals surface area (Å²) in [5.41, 5.74) is 2.03. The van der Waals surface area contributed by atoms with Gasteiger partial charge < -0.3 is 14.8 Å². The molecular formula is C27H29N3O3. The molecule has 2 amide bonds. The van der Waals surface area contributed by atoms with E-state index in [0.29, 0.717) is 30.5 Å². The van der Waals surface area contributed by atoms with Crippen LogP contribution in [-0.4, -0.2) is 40.4 Å². The van der Waals surface area contributed by atoms with Gasteiger partial charge in [-0.3, -0.25) is 14.4 Å². The largest absolute Gasteiger partial charge is 0.357 e. The van der Waals surface area contributed by atoms with Crippen molar-refractivity contribution in [2.45, 2.75) is 31.2 Å². The first-order valence-electron chi connectivity index (χ1n) is 11.2. The molecule has 2 aromatic carbocycles. The fourth-order valence-corrected chi connectivity index (χ4v) is 4.53. The molecule has 0 bridgehead atoms. The maximum atomic E-state index is 13.9. The number of pyridine rings is 1. The fourth-order valence-electron chi connectivity index (χ4n) is 4.53. The summed E-state index contributed by atoms with van der Waals surface area (Å²) >= 11 is 0. The van der Waals surface area contributed by atoms with Crippen LogP contribution in [0.15, 0.2) is 77.7 Å². The Morgan fingerprint density at radius 2 is 1.58 bits per heavy atom. The number of nitrogens with one attached hydrogen (secondary N) is 1. The molecule has 0 spiro atoms. The zero-order valence-corrected chi connectivity index (χ0v) is 19.2. The molecule has 33 heavy (non-hydrogen) atoms. The van der Waals surface area contributed by atoms with Crippen molar-refractivity contribution in [2.24, 2.45) is 7.05 Å². The second-order valence-electron chi connectivity index (χ2n) is 8.73. The van der Waals surface area contributed by atoms with Gasteiger partial charge in [-0.1, -0.05) is 60.7 Å². The first-order valence-corrected chi connectivity index (χ1v) is 11.2. The maximum Gasteiger partial charge on any atom is 0.256 e. The van der Waals surface area contributed by atoms with Crippen molar-refractivity contribution in [3.05, 3.63) is 106 Å². The van der Waals surface area contributed by atoms with E-state index in [-0.39, 0.29) is 23.3 Å². The summed E-state index contributed by atoms with van der Waals surface area (Å²) in [5.74, 6) is -0.504. The highest BCUT2D eigenvalue weighted by Crippen LogP contribution is 2.44. The Balaban J connectivity index is 1.80. The number of aryl methyl sites for hydroxylation is 2. The molecule has 1 fully saturated rings. The smallest absolute Gasteiger partial charge is 0.256 e. The van der Waals surface area contributed by atoms with Gasteiger partial charge in [0.1, 0.15) is 5.54 Å². The van der Waals surface area contributed by atoms with Gasteiger partial charge in [0.05, 0.1) is 5.56 Å². The molecule has 1 aromatic heterocycles. The molecule has 0 atom stereocenters. The van der Waals surface area contributed by atoms with Crippen LogP contribution in [0, 0.1) is 6.92 Å². The zero-order valence-electron chi connectivity index (χ0n) is 19.2. The third-order valence-corrected chi connectivity index (χ3v) is 6.51. The highest BCUT2D eigenvalue weighted by molar-refractivity contribution is 6.00. The lowest BCUT2D eigenvalue weighted by Gasteiger charge is -2.34. The average Bonchev–Trinajstić information content (AvgIpc) is 3.65. The van der Waals surface area contributed by atoms with Gasteiger partial charge in [-0.05, 0) is 37.0 Å². The van der Waals surface area contributed by atoms with Gasteiger partial charge in [0.2, 0.25) is 5.91 Å². The van der Waals surface area contributed by atoms with Gasteiger partial charge in [0.25, 0.3) is 11.5 Å². The third kappa shape index (κ3) is 4.33. The van der Waals surface area contributed by atoms with E-state index >= 15 is 0 Å². The van der Waals surface area contributed by atoms with E-state index in [0.717, 1.165) is 11.1 Å². The average molecular weight is 444 g/mol. The molecule has 6 heteroatoms. The second kappa shape index (κ2) is 9.06. The molecule has 0 aliphatic heterocycles. The number of rotatable bonds is 7. The number of hydrogen-bond acceptors (Lipinski definition) is 3. The summed E-state index contributed by atoms with van der Waals surface area (Å²) in [6.07, 6.45) is 2.78. The Morgan fingerprint density at radius 3 is 2.03 bits per heavy atom. The van der Waals surface area contributed by atoms with Crippen LogP contribution in [0.25, 0.3) is 0 Å². The number of hydrogen-bond donors (Lipinski definition) is 1. The molecule has 0 unspecified atom stereocenters. The molecule has 1 saturated carbocycles. The van der Waals surface area contributed by atoms with Gasteiger partial charge in [0.15, 0.2) is 0 Å². The number of likely N-dealkylation sites (N-methyl/N-ethyl adjacent to an activating group) is 1. The van der Waals surface area contributed by atoms with E-state index in [4.69, 9.17) is 0 Å². The minimum absolute atomic E-state index is 0.105. The topological polar surface area (TPSA) is 71.4 Å². The van der Waals surface area contributed by atoms with Gasteiger partial charge in [-0.15, -0.1) is 0 Å². The van der Waals surface area contributed by atoms with Crippen LogP contribution >= 0.6 is 0 Å². The molecule has 1 heterocycles. The molecule has 3 aromatic rings. The van der Waals surface area contributed by atoms with E-state index in [1.807, 2.05) is 36.4 Å². The molecular weight excluding hydrogens is 414 g/mol. The third-order valence-electron chi connectivity index (χ3n) is 6.51. The highest BCUT2D eigenvalue weighted by atomic mass is 16.2. The lowest BCUT2D eigenvalue weighted by atomic mass is 9.90. The molecule has 1 N–H and O–H groups in total. The van der Waals surface area contributed by atoms with E-state index in [1.54, 1.807) is 38.2 Å². The van der Waals surface area contributed by atoms with Gasteiger partial charge >= 0.3 is 0 Å². The Labute approximate surface area is 193 Å². The predicted octanol–water partition coefficient (Wildman–Crippen LogP) is 3.25. The van der Waals surface area contributed by atoms with Crippen molar-refractivity contribution in [1.29, 1.82) is 0 Å². The number of amides is 2. The van der Waals surface area contributed by atoms with Crippen molar-refractivity contribution in [1.82, 2.24) is 14.8 Å². The summed E-state index contributed by atoms with van der Waals surface area (Å²) < 4.78 is 1.42. The lowest BCUT2D eigenvalue weighted by Crippen LogP contribution is -2.52. The van der Waals surface area contributed by atoms with Gasteiger partial charge in [-0.25, -0.2) is 0 Å². The molecule has 0 radical (unpaired) electrons. The van der Waals surface area contributed by atoms with E-state index in [2.05, 4.69) is 29.6 Å². The standard InChI is InChI=1S/C27H29N3O3/c1-19-16-22(17-29(3)24(19)31)25(32)30(27(14-15-27)26(33)28-2)18-23(20-10-6-4-7-11-20)21-12-8-5-9-13-21/h4-13,16-17,23H,14-15,18H2,1-3H3,(H,28,33). The van der Waals surface area contributed by atoms with Crippen LogP contribution in [-0.2, 0) is 11.8 Å². The summed E-state index contributed by atoms with van der Waals surface area (Å²) in [6.45, 7) is 2.05. The number of aromatic nitrogens is 1. The van der Waals surface area contributed by atoms with Crippen molar-refractivity contribution in [3.63, 3.8) is 0 Å². The van der Waals surface area contributed by atoms with Crippen molar-refractivity contribution in [2.75, 3.05) is 13.6 Å². The monoisotopic (exact) mass is 443 g/mol. The van der Waals surface area contributed by atoms with Crippen LogP contribution in [0.5, 0.6) is 0 Å². The predicted molar refractivity (Wildman–Crippen MR) is 128 cm³/mol. The minimum Gasteiger partial charge on any atom is -0.357 e. The van der Waals surface area contributed by atoms with Crippen molar-refractivity contribution < 1.29 is 9.59 Å². The number of carbonyl (C=O) groups excluding carboxylic acids is 2. The van der Waals surface area contributed by atoms with Gasteiger partial charge in [-0.2, -0.15) is 0 Å². The molecule has 1 aliphatic carbocycles. The Morgan fingerprint density at radius 1 is 1.03 bits per heavy atom. The highest BCUT2D eigenvalue weighted by Gasteiger charge is 2.56. The molecule has 6 nitrogen and oxygen atoms in total. The molecule has 4 rings (SSSR count). The van der Waals surface area contributed by atoms with E-state index in [9.17, 15) is 14.4 Å². The normalized spacial score (nSPS) is 14.1. The SMILES string of the molecule is CNC(=O)C1(N(CC(c2ccccc2)c2ccccc2)C(=O)c2cc(C)c(=O)n(C)c2)CC1. The summed E-state index contributed by atoms with van der Waals surface area (Å²) in [4.78, 5) is 40.8. The van der Waals surface area contributed by atoms with Crippen LogP contribution < -0.4 is 10.9 Å². The quantitative estimate of drug-likeness (QED) is 0.609. The molecule has 0 saturated heterocycles. The van der Waals surface area contributed by atoms with Crippen LogP contribution in [0.4, 0.5) is 0 Å². The Kier molecular flexibility index (Phi) is 6.18. The Hall–Kier alpha value is -3.67. The van der Waals surface area contributed by atoms with Gasteiger partial charge in [0, 0.05) is 38.3 Å². The van der Waals surface area contributed by atoms with E-state index in [1.165, 1.54) is 4.57 Å². The van der Waals surface area contributed by atoms with E-state index < -0.39 is 5.54 Å². The number of benzene rings is 2. The molecule has 170 valence electrons. The molecule has 1 aliphatic rings. The van der Waals surface area contributed by atoms with Crippen molar-refractivity contribution >= 4 is 11.8 Å². The van der Waals surface area contributed by atoms with Crippen LogP contribution in [0.2, 0.25) is 0 Å². The lowest BCUT2D eigenvalue weighted by molar-refractivity contribution is -0.126. The number of nitrogens with zero attached hydrogens (tertiary/aromatic N) is 2. The fraction of sp³-hybridized carbons (Fsp3) is 0.296. The maximum absolute atomic E-state index is 13.9. The number of carbonyl (C=O) groups is 2. The first kappa shape index (κ1) is 22.5. The van der Waals surface area contributed by atoms with Crippen LogP contribution in [0.1, 0.15) is 45.8 Å². The zero-order chi connectivity index (χ0) is 23.6. The Bertz CT molecular complexity index is 1150. The first-order chi connectivity index (χ1) is 15.9. The summed E-state index contributed by atoms with van der Waals surface area (Å²) in [5, 5.41) is 2.75. The summed E-state index contributed by atoms with van der Waals surface area (Å²) in [6, 6.07) is 21.7.